The highest BCUT2D eigenvalue weighted by Gasteiger charge is 2.04. The van der Waals surface area contributed by atoms with Gasteiger partial charge in [0.1, 0.15) is 0 Å². The van der Waals surface area contributed by atoms with Crippen LogP contribution < -0.4 is 0 Å². The van der Waals surface area contributed by atoms with Crippen LogP contribution in [0.1, 0.15) is 12.5 Å². The fraction of sp³-hybridized carbons (Fsp3) is 0.182. The number of phenolic OH excluding ortho intramolecular Hbond substituents is 2. The monoisotopic (exact) mass is 192 g/mol. The number of Topliss-reactive ketones (excluding diaryl/α,β-unsaturated/α-hetero) is 1. The van der Waals surface area contributed by atoms with Gasteiger partial charge in [-0.15, -0.1) is 0 Å². The molecule has 0 spiro atoms. The fourth-order valence-electron chi connectivity index (χ4n) is 1.05. The lowest BCUT2D eigenvalue weighted by atomic mass is 10.0. The fourth-order valence-corrected chi connectivity index (χ4v) is 1.05. The molecule has 0 saturated heterocycles. The van der Waals surface area contributed by atoms with Gasteiger partial charge in [0, 0.05) is 6.42 Å². The summed E-state index contributed by atoms with van der Waals surface area (Å²) in [6.07, 6.45) is 0.392. The molecule has 0 aliphatic heterocycles. The molecule has 14 heavy (non-hydrogen) atoms. The number of benzene rings is 1. The van der Waals surface area contributed by atoms with Gasteiger partial charge in [0.25, 0.3) is 0 Å². The minimum absolute atomic E-state index is 0.0717. The van der Waals surface area contributed by atoms with Crippen molar-refractivity contribution in [1.29, 1.82) is 0 Å². The van der Waals surface area contributed by atoms with E-state index >= 15 is 0 Å². The van der Waals surface area contributed by atoms with Crippen molar-refractivity contribution in [2.45, 2.75) is 13.3 Å². The molecule has 0 amide bonds. The molecule has 0 unspecified atom stereocenters. The Morgan fingerprint density at radius 3 is 2.50 bits per heavy atom. The van der Waals surface area contributed by atoms with E-state index in [1.807, 2.05) is 0 Å². The van der Waals surface area contributed by atoms with E-state index in [-0.39, 0.29) is 17.3 Å². The first kappa shape index (κ1) is 10.3. The topological polar surface area (TPSA) is 57.5 Å². The van der Waals surface area contributed by atoms with E-state index in [4.69, 9.17) is 5.11 Å². The third-order valence-electron chi connectivity index (χ3n) is 1.96. The van der Waals surface area contributed by atoms with Gasteiger partial charge in [-0.3, -0.25) is 4.79 Å². The molecule has 0 aromatic heterocycles. The number of ketones is 1. The minimum Gasteiger partial charge on any atom is -0.504 e. The van der Waals surface area contributed by atoms with Gasteiger partial charge in [-0.2, -0.15) is 0 Å². The molecule has 0 fully saturated rings. The Kier molecular flexibility index (Phi) is 2.92. The van der Waals surface area contributed by atoms with Gasteiger partial charge < -0.3 is 10.2 Å². The summed E-state index contributed by atoms with van der Waals surface area (Å²) in [7, 11) is 0. The predicted octanol–water partition coefficient (Wildman–Crippen LogP) is 1.79. The van der Waals surface area contributed by atoms with Crippen LogP contribution in [-0.2, 0) is 11.2 Å². The lowest BCUT2D eigenvalue weighted by Crippen LogP contribution is -1.98. The molecule has 2 N–H and O–H groups in total. The Hall–Kier alpha value is -1.77. The summed E-state index contributed by atoms with van der Waals surface area (Å²) in [6, 6.07) is 4.45. The van der Waals surface area contributed by atoms with Crippen molar-refractivity contribution >= 4 is 5.78 Å². The van der Waals surface area contributed by atoms with Crippen molar-refractivity contribution in [2.75, 3.05) is 0 Å². The first-order valence-corrected chi connectivity index (χ1v) is 4.20. The van der Waals surface area contributed by atoms with Crippen molar-refractivity contribution in [2.24, 2.45) is 0 Å². The maximum Gasteiger partial charge on any atom is 0.157 e. The lowest BCUT2D eigenvalue weighted by Gasteiger charge is -2.03. The van der Waals surface area contributed by atoms with Crippen LogP contribution in [0, 0.1) is 0 Å². The number of allylic oxidation sites excluding steroid dienone is 1. The van der Waals surface area contributed by atoms with E-state index in [9.17, 15) is 9.90 Å². The van der Waals surface area contributed by atoms with Gasteiger partial charge >= 0.3 is 0 Å². The predicted molar refractivity (Wildman–Crippen MR) is 53.3 cm³/mol. The summed E-state index contributed by atoms with van der Waals surface area (Å²) in [5, 5.41) is 18.2. The molecule has 0 atom stereocenters. The highest BCUT2D eigenvalue weighted by atomic mass is 16.3. The second-order valence-electron chi connectivity index (χ2n) is 3.16. The van der Waals surface area contributed by atoms with Crippen LogP contribution in [0.5, 0.6) is 11.5 Å². The Bertz CT molecular complexity index is 380. The van der Waals surface area contributed by atoms with Crippen LogP contribution in [-0.4, -0.2) is 16.0 Å². The maximum atomic E-state index is 10.9. The van der Waals surface area contributed by atoms with E-state index in [0.717, 1.165) is 5.56 Å². The molecule has 0 aliphatic carbocycles. The number of hydrogen-bond acceptors (Lipinski definition) is 3. The summed E-state index contributed by atoms with van der Waals surface area (Å²) < 4.78 is 0. The molecule has 3 nitrogen and oxygen atoms in total. The zero-order chi connectivity index (χ0) is 10.7. The molecule has 0 saturated carbocycles. The molecule has 1 aromatic carbocycles. The van der Waals surface area contributed by atoms with Crippen LogP contribution in [0.3, 0.4) is 0 Å². The third-order valence-corrected chi connectivity index (χ3v) is 1.96. The molecule has 3 heteroatoms. The summed E-state index contributed by atoms with van der Waals surface area (Å²) in [5.74, 6) is -0.418. The minimum atomic E-state index is -0.182. The SMILES string of the molecule is C=C(Cc1ccc(O)c(O)c1)C(C)=O. The number of aromatic hydroxyl groups is 2. The van der Waals surface area contributed by atoms with Gasteiger partial charge in [-0.1, -0.05) is 12.6 Å². The Morgan fingerprint density at radius 1 is 1.36 bits per heavy atom. The quantitative estimate of drug-likeness (QED) is 0.567. The Labute approximate surface area is 82.3 Å². The normalized spacial score (nSPS) is 9.79. The smallest absolute Gasteiger partial charge is 0.157 e. The zero-order valence-electron chi connectivity index (χ0n) is 7.95. The van der Waals surface area contributed by atoms with Gasteiger partial charge in [-0.25, -0.2) is 0 Å². The molecular formula is C11H12O3. The van der Waals surface area contributed by atoms with Crippen molar-refractivity contribution < 1.29 is 15.0 Å². The van der Waals surface area contributed by atoms with Crippen LogP contribution in [0.15, 0.2) is 30.4 Å². The summed E-state index contributed by atoms with van der Waals surface area (Å²) in [5.41, 5.74) is 1.23. The lowest BCUT2D eigenvalue weighted by molar-refractivity contribution is -0.113. The number of carbonyl (C=O) groups excluding carboxylic acids is 1. The average Bonchev–Trinajstić information content (AvgIpc) is 2.11. The first-order chi connectivity index (χ1) is 6.50. The second kappa shape index (κ2) is 3.96. The standard InChI is InChI=1S/C11H12O3/c1-7(8(2)12)5-9-3-4-10(13)11(14)6-9/h3-4,6,13-14H,1,5H2,2H3. The Balaban J connectivity index is 2.83. The molecule has 0 heterocycles. The highest BCUT2D eigenvalue weighted by Crippen LogP contribution is 2.25. The van der Waals surface area contributed by atoms with Crippen molar-refractivity contribution in [3.63, 3.8) is 0 Å². The molecule has 74 valence electrons. The van der Waals surface area contributed by atoms with Crippen molar-refractivity contribution in [1.82, 2.24) is 0 Å². The van der Waals surface area contributed by atoms with E-state index < -0.39 is 0 Å². The van der Waals surface area contributed by atoms with E-state index in [0.29, 0.717) is 12.0 Å². The molecule has 0 bridgehead atoms. The average molecular weight is 192 g/mol. The van der Waals surface area contributed by atoms with E-state index in [1.165, 1.54) is 19.1 Å². The number of carbonyl (C=O) groups is 1. The molecular weight excluding hydrogens is 180 g/mol. The Morgan fingerprint density at radius 2 is 2.00 bits per heavy atom. The summed E-state index contributed by atoms with van der Waals surface area (Å²) in [4.78, 5) is 10.9. The van der Waals surface area contributed by atoms with Crippen LogP contribution in [0.2, 0.25) is 0 Å². The van der Waals surface area contributed by atoms with Crippen LogP contribution in [0.25, 0.3) is 0 Å². The molecule has 1 rings (SSSR count). The summed E-state index contributed by atoms with van der Waals surface area (Å²) >= 11 is 0. The largest absolute Gasteiger partial charge is 0.504 e. The van der Waals surface area contributed by atoms with Crippen LogP contribution in [0.4, 0.5) is 0 Å². The molecule has 1 aromatic rings. The van der Waals surface area contributed by atoms with Crippen molar-refractivity contribution in [3.8, 4) is 11.5 Å². The van der Waals surface area contributed by atoms with Crippen LogP contribution >= 0.6 is 0 Å². The van der Waals surface area contributed by atoms with Crippen molar-refractivity contribution in [3.05, 3.63) is 35.9 Å². The summed E-state index contributed by atoms with van der Waals surface area (Å²) in [6.45, 7) is 5.05. The van der Waals surface area contributed by atoms with Gasteiger partial charge in [0.05, 0.1) is 0 Å². The van der Waals surface area contributed by atoms with Gasteiger partial charge in [0.15, 0.2) is 17.3 Å². The third kappa shape index (κ3) is 2.36. The van der Waals surface area contributed by atoms with Gasteiger partial charge in [0.2, 0.25) is 0 Å². The molecule has 0 radical (unpaired) electrons. The molecule has 0 aliphatic rings. The first-order valence-electron chi connectivity index (χ1n) is 4.20. The van der Waals surface area contributed by atoms with Gasteiger partial charge in [-0.05, 0) is 30.2 Å². The number of rotatable bonds is 3. The van der Waals surface area contributed by atoms with E-state index in [2.05, 4.69) is 6.58 Å². The second-order valence-corrected chi connectivity index (χ2v) is 3.16. The zero-order valence-corrected chi connectivity index (χ0v) is 7.95. The highest BCUT2D eigenvalue weighted by molar-refractivity contribution is 5.92. The number of hydrogen-bond donors (Lipinski definition) is 2. The maximum absolute atomic E-state index is 10.9. The number of phenols is 2. The van der Waals surface area contributed by atoms with E-state index in [1.54, 1.807) is 6.07 Å².